The number of hydrogen-bond donors (Lipinski definition) is 2. The lowest BCUT2D eigenvalue weighted by Crippen LogP contribution is -2.26. The Bertz CT molecular complexity index is 559. The third-order valence-electron chi connectivity index (χ3n) is 4.32. The Morgan fingerprint density at radius 3 is 3.10 bits per heavy atom. The highest BCUT2D eigenvalue weighted by molar-refractivity contribution is 5.32. The minimum Gasteiger partial charge on any atom is -0.310 e. The SMILES string of the molecule is Cc1[nH]ncc1CCCNC1CCCc2ccccc21. The van der Waals surface area contributed by atoms with E-state index < -0.39 is 0 Å². The molecule has 106 valence electrons. The number of rotatable bonds is 5. The summed E-state index contributed by atoms with van der Waals surface area (Å²) in [6, 6.07) is 9.42. The largest absolute Gasteiger partial charge is 0.310 e. The first-order valence-electron chi connectivity index (χ1n) is 7.64. The van der Waals surface area contributed by atoms with Gasteiger partial charge in [0.1, 0.15) is 0 Å². The fourth-order valence-corrected chi connectivity index (χ4v) is 3.15. The Morgan fingerprint density at radius 2 is 2.25 bits per heavy atom. The van der Waals surface area contributed by atoms with Crippen molar-refractivity contribution >= 4 is 0 Å². The van der Waals surface area contributed by atoms with Gasteiger partial charge in [-0.1, -0.05) is 24.3 Å². The molecule has 1 unspecified atom stereocenters. The minimum atomic E-state index is 0.547. The maximum absolute atomic E-state index is 4.07. The van der Waals surface area contributed by atoms with Gasteiger partial charge in [0.25, 0.3) is 0 Å². The van der Waals surface area contributed by atoms with Crippen molar-refractivity contribution in [2.45, 2.75) is 45.1 Å². The highest BCUT2D eigenvalue weighted by Gasteiger charge is 2.18. The smallest absolute Gasteiger partial charge is 0.0522 e. The molecule has 1 atom stereocenters. The lowest BCUT2D eigenvalue weighted by molar-refractivity contribution is 0.456. The van der Waals surface area contributed by atoms with Gasteiger partial charge in [-0.25, -0.2) is 0 Å². The van der Waals surface area contributed by atoms with Crippen LogP contribution in [0.4, 0.5) is 0 Å². The fraction of sp³-hybridized carbons (Fsp3) is 0.471. The van der Waals surface area contributed by atoms with Gasteiger partial charge >= 0.3 is 0 Å². The van der Waals surface area contributed by atoms with E-state index in [1.807, 2.05) is 6.20 Å². The van der Waals surface area contributed by atoms with Crippen LogP contribution >= 0.6 is 0 Å². The van der Waals surface area contributed by atoms with Gasteiger partial charge in [0, 0.05) is 11.7 Å². The summed E-state index contributed by atoms with van der Waals surface area (Å²) in [4.78, 5) is 0. The molecular formula is C17H23N3. The molecule has 0 aliphatic heterocycles. The highest BCUT2D eigenvalue weighted by atomic mass is 15.1. The molecule has 1 aromatic carbocycles. The van der Waals surface area contributed by atoms with Crippen LogP contribution in [0, 0.1) is 6.92 Å². The molecule has 1 aliphatic rings. The number of aromatic nitrogens is 2. The van der Waals surface area contributed by atoms with Crippen molar-refractivity contribution in [2.75, 3.05) is 6.54 Å². The molecule has 1 aliphatic carbocycles. The summed E-state index contributed by atoms with van der Waals surface area (Å²) in [7, 11) is 0. The van der Waals surface area contributed by atoms with Gasteiger partial charge in [-0.05, 0) is 62.3 Å². The zero-order valence-electron chi connectivity index (χ0n) is 12.2. The number of nitrogens with one attached hydrogen (secondary N) is 2. The lowest BCUT2D eigenvalue weighted by Gasteiger charge is -2.26. The number of aromatic amines is 1. The number of H-pyrrole nitrogens is 1. The monoisotopic (exact) mass is 269 g/mol. The van der Waals surface area contributed by atoms with Crippen LogP contribution < -0.4 is 5.32 Å². The van der Waals surface area contributed by atoms with Crippen molar-refractivity contribution in [2.24, 2.45) is 0 Å². The third kappa shape index (κ3) is 2.93. The molecule has 0 fully saturated rings. The van der Waals surface area contributed by atoms with Crippen molar-refractivity contribution in [3.63, 3.8) is 0 Å². The second-order valence-electron chi connectivity index (χ2n) is 5.72. The van der Waals surface area contributed by atoms with E-state index in [1.54, 1.807) is 0 Å². The van der Waals surface area contributed by atoms with Gasteiger partial charge < -0.3 is 5.32 Å². The third-order valence-corrected chi connectivity index (χ3v) is 4.32. The van der Waals surface area contributed by atoms with Crippen molar-refractivity contribution in [3.05, 3.63) is 52.8 Å². The van der Waals surface area contributed by atoms with Crippen molar-refractivity contribution < 1.29 is 0 Å². The van der Waals surface area contributed by atoms with Crippen LogP contribution in [0.5, 0.6) is 0 Å². The molecular weight excluding hydrogens is 246 g/mol. The molecule has 0 amide bonds. The van der Waals surface area contributed by atoms with Crippen LogP contribution in [0.25, 0.3) is 0 Å². The average Bonchev–Trinajstić information content (AvgIpc) is 2.89. The van der Waals surface area contributed by atoms with Crippen LogP contribution in [0.2, 0.25) is 0 Å². The average molecular weight is 269 g/mol. The second-order valence-corrected chi connectivity index (χ2v) is 5.72. The van der Waals surface area contributed by atoms with E-state index in [-0.39, 0.29) is 0 Å². The van der Waals surface area contributed by atoms with Crippen molar-refractivity contribution in [1.29, 1.82) is 0 Å². The van der Waals surface area contributed by atoms with E-state index in [2.05, 4.69) is 46.7 Å². The van der Waals surface area contributed by atoms with E-state index in [4.69, 9.17) is 0 Å². The minimum absolute atomic E-state index is 0.547. The van der Waals surface area contributed by atoms with Crippen molar-refractivity contribution in [3.8, 4) is 0 Å². The Morgan fingerprint density at radius 1 is 1.35 bits per heavy atom. The van der Waals surface area contributed by atoms with E-state index >= 15 is 0 Å². The zero-order valence-corrected chi connectivity index (χ0v) is 12.2. The van der Waals surface area contributed by atoms with Crippen molar-refractivity contribution in [1.82, 2.24) is 15.5 Å². The summed E-state index contributed by atoms with van der Waals surface area (Å²) in [5, 5.41) is 10.8. The summed E-state index contributed by atoms with van der Waals surface area (Å²) in [5.41, 5.74) is 5.59. The van der Waals surface area contributed by atoms with Gasteiger partial charge in [0.2, 0.25) is 0 Å². The van der Waals surface area contributed by atoms with Crippen LogP contribution in [-0.4, -0.2) is 16.7 Å². The number of fused-ring (bicyclic) bond motifs is 1. The summed E-state index contributed by atoms with van der Waals surface area (Å²) in [5.74, 6) is 0. The van der Waals surface area contributed by atoms with Crippen LogP contribution in [-0.2, 0) is 12.8 Å². The zero-order chi connectivity index (χ0) is 13.8. The van der Waals surface area contributed by atoms with E-state index in [0.717, 1.165) is 13.0 Å². The number of hydrogen-bond acceptors (Lipinski definition) is 2. The molecule has 2 N–H and O–H groups in total. The van der Waals surface area contributed by atoms with Gasteiger partial charge in [0.15, 0.2) is 0 Å². The molecule has 0 bridgehead atoms. The van der Waals surface area contributed by atoms with Gasteiger partial charge in [-0.2, -0.15) is 5.10 Å². The molecule has 20 heavy (non-hydrogen) atoms. The molecule has 0 saturated carbocycles. The molecule has 3 rings (SSSR count). The quantitative estimate of drug-likeness (QED) is 0.818. The van der Waals surface area contributed by atoms with Gasteiger partial charge in [-0.3, -0.25) is 5.10 Å². The number of nitrogens with zero attached hydrogens (tertiary/aromatic N) is 1. The van der Waals surface area contributed by atoms with E-state index in [0.29, 0.717) is 6.04 Å². The topological polar surface area (TPSA) is 40.7 Å². The Kier molecular flexibility index (Phi) is 4.16. The summed E-state index contributed by atoms with van der Waals surface area (Å²) in [6.45, 7) is 3.16. The molecule has 3 nitrogen and oxygen atoms in total. The fourth-order valence-electron chi connectivity index (χ4n) is 3.15. The van der Waals surface area contributed by atoms with Gasteiger partial charge in [-0.15, -0.1) is 0 Å². The summed E-state index contributed by atoms with van der Waals surface area (Å²) < 4.78 is 0. The van der Waals surface area contributed by atoms with Crippen LogP contribution in [0.3, 0.4) is 0 Å². The molecule has 1 aromatic heterocycles. The van der Waals surface area contributed by atoms with E-state index in [1.165, 1.54) is 48.1 Å². The molecule has 1 heterocycles. The molecule has 2 aromatic rings. The van der Waals surface area contributed by atoms with E-state index in [9.17, 15) is 0 Å². The first-order chi connectivity index (χ1) is 9.84. The second kappa shape index (κ2) is 6.23. The molecule has 3 heteroatoms. The number of benzene rings is 1. The normalized spacial score (nSPS) is 17.9. The van der Waals surface area contributed by atoms with Crippen LogP contribution in [0.15, 0.2) is 30.5 Å². The Labute approximate surface area is 120 Å². The summed E-state index contributed by atoms with van der Waals surface area (Å²) >= 11 is 0. The summed E-state index contributed by atoms with van der Waals surface area (Å²) in [6.07, 6.45) is 8.02. The lowest BCUT2D eigenvalue weighted by atomic mass is 9.88. The predicted molar refractivity (Wildman–Crippen MR) is 81.8 cm³/mol. The Hall–Kier alpha value is -1.61. The maximum atomic E-state index is 4.07. The maximum Gasteiger partial charge on any atom is 0.0522 e. The number of aryl methyl sites for hydroxylation is 3. The Balaban J connectivity index is 1.51. The van der Waals surface area contributed by atoms with Gasteiger partial charge in [0.05, 0.1) is 6.20 Å². The molecule has 0 radical (unpaired) electrons. The molecule has 0 saturated heterocycles. The predicted octanol–water partition coefficient (Wildman–Crippen LogP) is 3.32. The first kappa shape index (κ1) is 13.4. The molecule has 0 spiro atoms. The highest BCUT2D eigenvalue weighted by Crippen LogP contribution is 2.29. The first-order valence-corrected chi connectivity index (χ1v) is 7.64. The van der Waals surface area contributed by atoms with Crippen LogP contribution in [0.1, 0.15) is 47.7 Å². The standard InChI is InChI=1S/C17H23N3/c1-13-15(12-19-20-13)8-5-11-18-17-10-4-7-14-6-2-3-9-16(14)17/h2-3,6,9,12,17-18H,4-5,7-8,10-11H2,1H3,(H,19,20).